The minimum Gasteiger partial charge on any atom is -0.484 e. The molecule has 0 saturated heterocycles. The lowest BCUT2D eigenvalue weighted by Gasteiger charge is -2.19. The van der Waals surface area contributed by atoms with E-state index in [-0.39, 0.29) is 32.1 Å². The molecule has 0 atom stereocenters. The van der Waals surface area contributed by atoms with E-state index in [2.05, 4.69) is 5.32 Å². The van der Waals surface area contributed by atoms with Gasteiger partial charge in [0.25, 0.3) is 5.91 Å². The molecule has 0 aliphatic rings. The molecule has 0 spiro atoms. The van der Waals surface area contributed by atoms with Gasteiger partial charge < -0.3 is 14.5 Å². The molecule has 0 aliphatic heterocycles. The highest BCUT2D eigenvalue weighted by atomic mass is 32.2. The van der Waals surface area contributed by atoms with Crippen molar-refractivity contribution in [1.82, 2.24) is 9.62 Å². The van der Waals surface area contributed by atoms with E-state index < -0.39 is 10.0 Å². The number of aryl methyl sites for hydroxylation is 1. The summed E-state index contributed by atoms with van der Waals surface area (Å²) in [6.45, 7) is 2.30. The molecule has 0 bridgehead atoms. The zero-order chi connectivity index (χ0) is 18.3. The van der Waals surface area contributed by atoms with Gasteiger partial charge in [0.15, 0.2) is 6.61 Å². The lowest BCUT2D eigenvalue weighted by atomic mass is 10.2. The maximum Gasteiger partial charge on any atom is 0.257 e. The molecule has 8 heteroatoms. The Balaban J connectivity index is 1.76. The van der Waals surface area contributed by atoms with Crippen LogP contribution in [0.5, 0.6) is 5.75 Å². The minimum absolute atomic E-state index is 0.125. The monoisotopic (exact) mass is 366 g/mol. The molecule has 136 valence electrons. The SMILES string of the molecule is Cc1ccc(OCC(=O)NCCN(Cc2ccco2)S(C)(=O)=O)cc1. The Labute approximate surface area is 147 Å². The normalized spacial score (nSPS) is 11.5. The second-order valence-corrected chi connectivity index (χ2v) is 7.61. The van der Waals surface area contributed by atoms with E-state index in [1.54, 1.807) is 24.3 Å². The largest absolute Gasteiger partial charge is 0.484 e. The number of amides is 1. The van der Waals surface area contributed by atoms with Crippen LogP contribution in [0.4, 0.5) is 0 Å². The van der Waals surface area contributed by atoms with Gasteiger partial charge in [-0.15, -0.1) is 0 Å². The highest BCUT2D eigenvalue weighted by Crippen LogP contribution is 2.11. The Morgan fingerprint density at radius 3 is 2.56 bits per heavy atom. The fourth-order valence-electron chi connectivity index (χ4n) is 2.09. The molecule has 0 fully saturated rings. The number of carbonyl (C=O) groups excluding carboxylic acids is 1. The van der Waals surface area contributed by atoms with Crippen molar-refractivity contribution < 1.29 is 22.4 Å². The molecule has 25 heavy (non-hydrogen) atoms. The Hall–Kier alpha value is -2.32. The molecule has 1 aromatic heterocycles. The van der Waals surface area contributed by atoms with Crippen LogP contribution in [0.3, 0.4) is 0 Å². The molecule has 2 aromatic rings. The molecule has 0 saturated carbocycles. The second kappa shape index (κ2) is 8.68. The number of rotatable bonds is 9. The van der Waals surface area contributed by atoms with Gasteiger partial charge in [-0.3, -0.25) is 4.79 Å². The number of sulfonamides is 1. The van der Waals surface area contributed by atoms with Crippen LogP contribution in [0.15, 0.2) is 47.1 Å². The number of nitrogens with one attached hydrogen (secondary N) is 1. The molecule has 0 radical (unpaired) electrons. The summed E-state index contributed by atoms with van der Waals surface area (Å²) in [4.78, 5) is 11.8. The molecule has 1 heterocycles. The van der Waals surface area contributed by atoms with Gasteiger partial charge in [-0.1, -0.05) is 17.7 Å². The smallest absolute Gasteiger partial charge is 0.257 e. The summed E-state index contributed by atoms with van der Waals surface area (Å²) in [5, 5.41) is 2.65. The maximum absolute atomic E-state index is 11.8. The fourth-order valence-corrected chi connectivity index (χ4v) is 2.88. The van der Waals surface area contributed by atoms with Crippen LogP contribution in [0.25, 0.3) is 0 Å². The minimum atomic E-state index is -3.41. The second-order valence-electron chi connectivity index (χ2n) is 5.63. The summed E-state index contributed by atoms with van der Waals surface area (Å²) >= 11 is 0. The molecule has 1 aromatic carbocycles. The van der Waals surface area contributed by atoms with E-state index in [4.69, 9.17) is 9.15 Å². The Morgan fingerprint density at radius 1 is 1.24 bits per heavy atom. The van der Waals surface area contributed by atoms with Gasteiger partial charge in [-0.25, -0.2) is 8.42 Å². The van der Waals surface area contributed by atoms with Gasteiger partial charge in [0.1, 0.15) is 11.5 Å². The van der Waals surface area contributed by atoms with Crippen molar-refractivity contribution in [2.24, 2.45) is 0 Å². The van der Waals surface area contributed by atoms with Crippen molar-refractivity contribution in [3.8, 4) is 5.75 Å². The summed E-state index contributed by atoms with van der Waals surface area (Å²) in [5.74, 6) is 0.836. The van der Waals surface area contributed by atoms with Crippen LogP contribution in [-0.4, -0.2) is 44.6 Å². The Morgan fingerprint density at radius 2 is 1.96 bits per heavy atom. The van der Waals surface area contributed by atoms with Crippen molar-refractivity contribution in [1.29, 1.82) is 0 Å². The number of hydrogen-bond acceptors (Lipinski definition) is 5. The van der Waals surface area contributed by atoms with Crippen LogP contribution in [0.1, 0.15) is 11.3 Å². The summed E-state index contributed by atoms with van der Waals surface area (Å²) in [7, 11) is -3.41. The maximum atomic E-state index is 11.8. The average Bonchev–Trinajstić information content (AvgIpc) is 3.05. The standard InChI is InChI=1S/C17H22N2O5S/c1-14-5-7-15(8-6-14)24-13-17(20)18-9-10-19(25(2,21)22)12-16-4-3-11-23-16/h3-8,11H,9-10,12-13H2,1-2H3,(H,18,20). The third-order valence-corrected chi connectivity index (χ3v) is 4.71. The van der Waals surface area contributed by atoms with Gasteiger partial charge in [0.2, 0.25) is 10.0 Å². The predicted octanol–water partition coefficient (Wildman–Crippen LogP) is 1.54. The molecular weight excluding hydrogens is 344 g/mol. The van der Waals surface area contributed by atoms with Crippen LogP contribution < -0.4 is 10.1 Å². The van der Waals surface area contributed by atoms with Gasteiger partial charge in [0, 0.05) is 13.1 Å². The first-order valence-electron chi connectivity index (χ1n) is 7.78. The molecule has 1 N–H and O–H groups in total. The molecule has 0 aliphatic carbocycles. The van der Waals surface area contributed by atoms with E-state index in [0.29, 0.717) is 11.5 Å². The van der Waals surface area contributed by atoms with Gasteiger partial charge >= 0.3 is 0 Å². The van der Waals surface area contributed by atoms with Crippen molar-refractivity contribution in [3.05, 3.63) is 54.0 Å². The van der Waals surface area contributed by atoms with E-state index in [1.165, 1.54) is 10.6 Å². The van der Waals surface area contributed by atoms with E-state index in [9.17, 15) is 13.2 Å². The summed E-state index contributed by atoms with van der Waals surface area (Å²) < 4.78 is 35.4. The molecule has 1 amide bonds. The first-order chi connectivity index (χ1) is 11.8. The Bertz CT molecular complexity index is 770. The van der Waals surface area contributed by atoms with Crippen molar-refractivity contribution >= 4 is 15.9 Å². The third-order valence-electron chi connectivity index (χ3n) is 3.46. The molecule has 2 rings (SSSR count). The number of nitrogens with zero attached hydrogens (tertiary/aromatic N) is 1. The average molecular weight is 366 g/mol. The van der Waals surface area contributed by atoms with Crippen molar-refractivity contribution in [2.75, 3.05) is 26.0 Å². The van der Waals surface area contributed by atoms with Crippen molar-refractivity contribution in [3.63, 3.8) is 0 Å². The number of benzene rings is 1. The Kier molecular flexibility index (Phi) is 6.60. The first kappa shape index (κ1) is 19.0. The summed E-state index contributed by atoms with van der Waals surface area (Å²) in [6, 6.07) is 10.8. The number of furan rings is 1. The lowest BCUT2D eigenvalue weighted by molar-refractivity contribution is -0.123. The van der Waals surface area contributed by atoms with Gasteiger partial charge in [0.05, 0.1) is 19.1 Å². The molecular formula is C17H22N2O5S. The number of ether oxygens (including phenoxy) is 1. The van der Waals surface area contributed by atoms with Crippen LogP contribution >= 0.6 is 0 Å². The summed E-state index contributed by atoms with van der Waals surface area (Å²) in [5.41, 5.74) is 1.11. The van der Waals surface area contributed by atoms with E-state index >= 15 is 0 Å². The van der Waals surface area contributed by atoms with E-state index in [1.807, 2.05) is 19.1 Å². The quantitative estimate of drug-likeness (QED) is 0.727. The number of hydrogen-bond donors (Lipinski definition) is 1. The molecule has 7 nitrogen and oxygen atoms in total. The van der Waals surface area contributed by atoms with E-state index in [0.717, 1.165) is 11.8 Å². The summed E-state index contributed by atoms with van der Waals surface area (Å²) in [6.07, 6.45) is 2.61. The van der Waals surface area contributed by atoms with Gasteiger partial charge in [-0.05, 0) is 31.2 Å². The zero-order valence-corrected chi connectivity index (χ0v) is 15.1. The fraction of sp³-hybridized carbons (Fsp3) is 0.353. The van der Waals surface area contributed by atoms with Crippen LogP contribution in [0, 0.1) is 6.92 Å². The van der Waals surface area contributed by atoms with Crippen LogP contribution in [-0.2, 0) is 21.4 Å². The zero-order valence-electron chi connectivity index (χ0n) is 14.3. The highest BCUT2D eigenvalue weighted by molar-refractivity contribution is 7.88. The predicted molar refractivity (Wildman–Crippen MR) is 93.6 cm³/mol. The number of carbonyl (C=O) groups is 1. The lowest BCUT2D eigenvalue weighted by Crippen LogP contribution is -2.39. The van der Waals surface area contributed by atoms with Crippen molar-refractivity contribution in [2.45, 2.75) is 13.5 Å². The van der Waals surface area contributed by atoms with Crippen LogP contribution in [0.2, 0.25) is 0 Å². The molecule has 0 unspecified atom stereocenters. The first-order valence-corrected chi connectivity index (χ1v) is 9.63. The van der Waals surface area contributed by atoms with Gasteiger partial charge in [-0.2, -0.15) is 4.31 Å². The highest BCUT2D eigenvalue weighted by Gasteiger charge is 2.18. The topological polar surface area (TPSA) is 88.8 Å². The third kappa shape index (κ3) is 6.60.